The van der Waals surface area contributed by atoms with Crippen LogP contribution >= 0.6 is 11.6 Å². The van der Waals surface area contributed by atoms with E-state index in [2.05, 4.69) is 5.32 Å². The fourth-order valence-electron chi connectivity index (χ4n) is 2.26. The first-order valence-corrected chi connectivity index (χ1v) is 7.86. The zero-order valence-electron chi connectivity index (χ0n) is 13.1. The molecule has 126 valence electrons. The second-order valence-electron chi connectivity index (χ2n) is 5.04. The predicted octanol–water partition coefficient (Wildman–Crippen LogP) is 3.90. The lowest BCUT2D eigenvalue weighted by molar-refractivity contribution is -0.143. The third kappa shape index (κ3) is 4.55. The fraction of sp³-hybridized carbons (Fsp3) is 0.222. The van der Waals surface area contributed by atoms with Crippen LogP contribution in [0, 0.1) is 5.82 Å². The molecule has 0 unspecified atom stereocenters. The van der Waals surface area contributed by atoms with Gasteiger partial charge in [-0.2, -0.15) is 0 Å². The minimum atomic E-state index is -0.718. The van der Waals surface area contributed by atoms with Crippen LogP contribution in [0.5, 0.6) is 0 Å². The zero-order valence-corrected chi connectivity index (χ0v) is 13.8. The van der Waals surface area contributed by atoms with Crippen molar-refractivity contribution in [3.05, 3.63) is 70.5 Å². The van der Waals surface area contributed by atoms with Gasteiger partial charge in [-0.15, -0.1) is 0 Å². The van der Waals surface area contributed by atoms with E-state index in [0.717, 1.165) is 0 Å². The first-order valence-electron chi connectivity index (χ1n) is 7.48. The highest BCUT2D eigenvalue weighted by molar-refractivity contribution is 6.31. The van der Waals surface area contributed by atoms with Gasteiger partial charge >= 0.3 is 5.97 Å². The van der Waals surface area contributed by atoms with Gasteiger partial charge in [0.25, 0.3) is 5.91 Å². The van der Waals surface area contributed by atoms with Gasteiger partial charge in [0.05, 0.1) is 24.6 Å². The van der Waals surface area contributed by atoms with Crippen molar-refractivity contribution in [3.63, 3.8) is 0 Å². The van der Waals surface area contributed by atoms with Crippen molar-refractivity contribution in [1.29, 1.82) is 0 Å². The van der Waals surface area contributed by atoms with Gasteiger partial charge in [0.1, 0.15) is 5.82 Å². The highest BCUT2D eigenvalue weighted by atomic mass is 35.5. The molecule has 0 aliphatic carbocycles. The van der Waals surface area contributed by atoms with Crippen LogP contribution in [0.25, 0.3) is 0 Å². The lowest BCUT2D eigenvalue weighted by Gasteiger charge is -2.20. The van der Waals surface area contributed by atoms with Gasteiger partial charge in [-0.3, -0.25) is 9.59 Å². The SMILES string of the molecule is CCOC(=O)C[C@H](NC(=O)c1ccccc1F)c1ccccc1Cl. The Bertz CT molecular complexity index is 736. The Morgan fingerprint density at radius 1 is 1.17 bits per heavy atom. The number of rotatable bonds is 6. The van der Waals surface area contributed by atoms with Crippen molar-refractivity contribution in [1.82, 2.24) is 5.32 Å². The summed E-state index contributed by atoms with van der Waals surface area (Å²) >= 11 is 6.16. The number of halogens is 2. The monoisotopic (exact) mass is 349 g/mol. The van der Waals surface area contributed by atoms with E-state index < -0.39 is 23.7 Å². The normalized spacial score (nSPS) is 11.6. The van der Waals surface area contributed by atoms with E-state index in [0.29, 0.717) is 10.6 Å². The fourth-order valence-corrected chi connectivity index (χ4v) is 2.53. The van der Waals surface area contributed by atoms with Crippen molar-refractivity contribution < 1.29 is 18.7 Å². The molecule has 1 N–H and O–H groups in total. The molecule has 0 spiro atoms. The van der Waals surface area contributed by atoms with E-state index in [1.807, 2.05) is 0 Å². The highest BCUT2D eigenvalue weighted by Gasteiger charge is 2.23. The number of nitrogens with one attached hydrogen (secondary N) is 1. The first kappa shape index (κ1) is 17.9. The summed E-state index contributed by atoms with van der Waals surface area (Å²) < 4.78 is 18.7. The molecule has 2 rings (SSSR count). The zero-order chi connectivity index (χ0) is 17.5. The Morgan fingerprint density at radius 2 is 1.83 bits per heavy atom. The third-order valence-electron chi connectivity index (χ3n) is 3.38. The Hall–Kier alpha value is -2.40. The molecule has 0 saturated carbocycles. The van der Waals surface area contributed by atoms with E-state index in [4.69, 9.17) is 16.3 Å². The lowest BCUT2D eigenvalue weighted by Crippen LogP contribution is -2.31. The molecule has 0 aromatic heterocycles. The molecule has 2 aromatic carbocycles. The summed E-state index contributed by atoms with van der Waals surface area (Å²) in [5.74, 6) is -1.73. The van der Waals surface area contributed by atoms with Crippen molar-refractivity contribution in [2.24, 2.45) is 0 Å². The second kappa shape index (κ2) is 8.45. The van der Waals surface area contributed by atoms with Crippen LogP contribution in [0.15, 0.2) is 48.5 Å². The van der Waals surface area contributed by atoms with E-state index >= 15 is 0 Å². The van der Waals surface area contributed by atoms with Gasteiger partial charge < -0.3 is 10.1 Å². The maximum Gasteiger partial charge on any atom is 0.308 e. The van der Waals surface area contributed by atoms with Gasteiger partial charge in [0.2, 0.25) is 0 Å². The van der Waals surface area contributed by atoms with Crippen LogP contribution in [-0.2, 0) is 9.53 Å². The molecule has 2 aromatic rings. The Kier molecular flexibility index (Phi) is 6.32. The summed E-state index contributed by atoms with van der Waals surface area (Å²) in [4.78, 5) is 24.2. The molecular formula is C18H17ClFNO3. The highest BCUT2D eigenvalue weighted by Crippen LogP contribution is 2.26. The average Bonchev–Trinajstić information content (AvgIpc) is 2.55. The maximum absolute atomic E-state index is 13.8. The van der Waals surface area contributed by atoms with E-state index in [1.165, 1.54) is 18.2 Å². The molecule has 0 radical (unpaired) electrons. The van der Waals surface area contributed by atoms with Gasteiger partial charge in [-0.1, -0.05) is 41.9 Å². The number of amides is 1. The molecule has 0 aliphatic heterocycles. The summed E-state index contributed by atoms with van der Waals surface area (Å²) in [6.07, 6.45) is -0.0994. The first-order chi connectivity index (χ1) is 11.5. The van der Waals surface area contributed by atoms with Crippen molar-refractivity contribution in [2.75, 3.05) is 6.61 Å². The number of hydrogen-bond donors (Lipinski definition) is 1. The summed E-state index contributed by atoms with van der Waals surface area (Å²) in [6, 6.07) is 11.8. The van der Waals surface area contributed by atoms with Crippen LogP contribution in [0.3, 0.4) is 0 Å². The average molecular weight is 350 g/mol. The summed E-state index contributed by atoms with van der Waals surface area (Å²) in [5.41, 5.74) is 0.468. The largest absolute Gasteiger partial charge is 0.466 e. The van der Waals surface area contributed by atoms with Gasteiger partial charge in [0.15, 0.2) is 0 Å². The van der Waals surface area contributed by atoms with Crippen molar-refractivity contribution in [3.8, 4) is 0 Å². The number of carbonyl (C=O) groups is 2. The summed E-state index contributed by atoms with van der Waals surface area (Å²) in [6.45, 7) is 1.93. The number of hydrogen-bond acceptors (Lipinski definition) is 3. The van der Waals surface area contributed by atoms with Gasteiger partial charge in [-0.05, 0) is 30.7 Å². The standard InChI is InChI=1S/C18H17ClFNO3/c1-2-24-17(22)11-16(12-7-3-5-9-14(12)19)21-18(23)13-8-4-6-10-15(13)20/h3-10,16H,2,11H2,1H3,(H,21,23)/t16-/m0/s1. The predicted molar refractivity (Wildman–Crippen MR) is 89.3 cm³/mol. The quantitative estimate of drug-likeness (QED) is 0.805. The molecule has 0 heterocycles. The van der Waals surface area contributed by atoms with Crippen LogP contribution in [0.1, 0.15) is 35.3 Å². The molecule has 1 atom stereocenters. The van der Waals surface area contributed by atoms with Crippen LogP contribution in [-0.4, -0.2) is 18.5 Å². The molecule has 1 amide bonds. The molecule has 0 aliphatic rings. The number of esters is 1. The molecule has 4 nitrogen and oxygen atoms in total. The molecule has 6 heteroatoms. The van der Waals surface area contributed by atoms with Crippen molar-refractivity contribution in [2.45, 2.75) is 19.4 Å². The second-order valence-corrected chi connectivity index (χ2v) is 5.44. The van der Waals surface area contributed by atoms with E-state index in [9.17, 15) is 14.0 Å². The smallest absolute Gasteiger partial charge is 0.308 e. The number of carbonyl (C=O) groups excluding carboxylic acids is 2. The molecule has 24 heavy (non-hydrogen) atoms. The number of benzene rings is 2. The van der Waals surface area contributed by atoms with Crippen LogP contribution < -0.4 is 5.32 Å². The Morgan fingerprint density at radius 3 is 2.50 bits per heavy atom. The number of ether oxygens (including phenoxy) is 1. The van der Waals surface area contributed by atoms with Crippen molar-refractivity contribution >= 4 is 23.5 Å². The molecule has 0 fully saturated rings. The Balaban J connectivity index is 2.26. The maximum atomic E-state index is 13.8. The molecule has 0 bridgehead atoms. The van der Waals surface area contributed by atoms with Crippen LogP contribution in [0.2, 0.25) is 5.02 Å². The third-order valence-corrected chi connectivity index (χ3v) is 3.72. The topological polar surface area (TPSA) is 55.4 Å². The summed E-state index contributed by atoms with van der Waals surface area (Å²) in [7, 11) is 0. The Labute approximate surface area is 144 Å². The van der Waals surface area contributed by atoms with E-state index in [-0.39, 0.29) is 18.6 Å². The van der Waals surface area contributed by atoms with Gasteiger partial charge in [-0.25, -0.2) is 4.39 Å². The lowest BCUT2D eigenvalue weighted by atomic mass is 10.0. The molecule has 0 saturated heterocycles. The van der Waals surface area contributed by atoms with E-state index in [1.54, 1.807) is 37.3 Å². The van der Waals surface area contributed by atoms with Crippen LogP contribution in [0.4, 0.5) is 4.39 Å². The van der Waals surface area contributed by atoms with Gasteiger partial charge in [0, 0.05) is 5.02 Å². The minimum absolute atomic E-state index is 0.0987. The minimum Gasteiger partial charge on any atom is -0.466 e. The molecular weight excluding hydrogens is 333 g/mol. The summed E-state index contributed by atoms with van der Waals surface area (Å²) in [5, 5.41) is 3.06.